The number of carbonyl (C=O) groups is 1. The molecule has 1 aliphatic rings. The van der Waals surface area contributed by atoms with E-state index in [9.17, 15) is 4.79 Å². The van der Waals surface area contributed by atoms with Crippen LogP contribution in [0.4, 0.5) is 0 Å². The van der Waals surface area contributed by atoms with Crippen LogP contribution in [0.1, 0.15) is 17.3 Å². The SMILES string of the molecule is O=C(NCCc1nc(Cc2ccccc2)no1)[C@H]1C=CCN1. The third-order valence-electron chi connectivity index (χ3n) is 3.42. The Hall–Kier alpha value is -2.47. The third-order valence-corrected chi connectivity index (χ3v) is 3.42. The van der Waals surface area contributed by atoms with Gasteiger partial charge in [0.1, 0.15) is 6.04 Å². The quantitative estimate of drug-likeness (QED) is 0.773. The molecule has 6 heteroatoms. The van der Waals surface area contributed by atoms with Gasteiger partial charge < -0.3 is 9.84 Å². The van der Waals surface area contributed by atoms with Crippen LogP contribution in [0.3, 0.4) is 0 Å². The molecule has 1 amide bonds. The van der Waals surface area contributed by atoms with E-state index in [1.165, 1.54) is 0 Å². The zero-order valence-electron chi connectivity index (χ0n) is 12.2. The summed E-state index contributed by atoms with van der Waals surface area (Å²) in [5.74, 6) is 1.17. The fourth-order valence-electron chi connectivity index (χ4n) is 2.29. The van der Waals surface area contributed by atoms with Gasteiger partial charge in [-0.1, -0.05) is 47.6 Å². The minimum Gasteiger partial charge on any atom is -0.354 e. The van der Waals surface area contributed by atoms with Gasteiger partial charge >= 0.3 is 0 Å². The minimum atomic E-state index is -0.226. The monoisotopic (exact) mass is 298 g/mol. The van der Waals surface area contributed by atoms with Crippen LogP contribution in [0.2, 0.25) is 0 Å². The number of carbonyl (C=O) groups excluding carboxylic acids is 1. The molecule has 1 aliphatic heterocycles. The van der Waals surface area contributed by atoms with E-state index in [4.69, 9.17) is 4.52 Å². The Morgan fingerprint density at radius 2 is 2.23 bits per heavy atom. The summed E-state index contributed by atoms with van der Waals surface area (Å²) in [4.78, 5) is 16.1. The summed E-state index contributed by atoms with van der Waals surface area (Å²) in [6.45, 7) is 1.22. The molecule has 0 unspecified atom stereocenters. The molecule has 0 saturated carbocycles. The number of rotatable bonds is 6. The lowest BCUT2D eigenvalue weighted by molar-refractivity contribution is -0.121. The van der Waals surface area contributed by atoms with Crippen molar-refractivity contribution in [3.8, 4) is 0 Å². The average molecular weight is 298 g/mol. The normalized spacial score (nSPS) is 16.8. The van der Waals surface area contributed by atoms with Crippen molar-refractivity contribution in [1.29, 1.82) is 0 Å². The van der Waals surface area contributed by atoms with Gasteiger partial charge in [0, 0.05) is 25.9 Å². The number of aromatic nitrogens is 2. The summed E-state index contributed by atoms with van der Waals surface area (Å²) < 4.78 is 5.20. The van der Waals surface area contributed by atoms with Crippen LogP contribution in [0.25, 0.3) is 0 Å². The Kier molecular flexibility index (Phi) is 4.60. The highest BCUT2D eigenvalue weighted by Crippen LogP contribution is 2.06. The number of hydrogen-bond donors (Lipinski definition) is 2. The second-order valence-electron chi connectivity index (χ2n) is 5.12. The molecule has 2 heterocycles. The molecule has 0 radical (unpaired) electrons. The minimum absolute atomic E-state index is 0.0298. The van der Waals surface area contributed by atoms with Crippen molar-refractivity contribution in [2.45, 2.75) is 18.9 Å². The van der Waals surface area contributed by atoms with Crippen LogP contribution in [0.15, 0.2) is 47.0 Å². The maximum absolute atomic E-state index is 11.8. The van der Waals surface area contributed by atoms with Crippen molar-refractivity contribution < 1.29 is 9.32 Å². The highest BCUT2D eigenvalue weighted by Gasteiger charge is 2.17. The number of benzene rings is 1. The van der Waals surface area contributed by atoms with Gasteiger partial charge in [0.2, 0.25) is 11.8 Å². The summed E-state index contributed by atoms with van der Waals surface area (Å²) >= 11 is 0. The van der Waals surface area contributed by atoms with E-state index in [1.807, 2.05) is 42.5 Å². The topological polar surface area (TPSA) is 80.1 Å². The zero-order valence-corrected chi connectivity index (χ0v) is 12.2. The Morgan fingerprint density at radius 1 is 1.36 bits per heavy atom. The Morgan fingerprint density at radius 3 is 3.00 bits per heavy atom. The van der Waals surface area contributed by atoms with Crippen LogP contribution in [-0.2, 0) is 17.6 Å². The predicted molar refractivity (Wildman–Crippen MR) is 81.2 cm³/mol. The van der Waals surface area contributed by atoms with Gasteiger partial charge in [0.05, 0.1) is 0 Å². The molecular weight excluding hydrogens is 280 g/mol. The molecule has 114 valence electrons. The first-order valence-electron chi connectivity index (χ1n) is 7.34. The fourth-order valence-corrected chi connectivity index (χ4v) is 2.29. The van der Waals surface area contributed by atoms with Crippen LogP contribution >= 0.6 is 0 Å². The number of nitrogens with zero attached hydrogens (tertiary/aromatic N) is 2. The molecule has 0 fully saturated rings. The van der Waals surface area contributed by atoms with Crippen molar-refractivity contribution in [1.82, 2.24) is 20.8 Å². The molecule has 1 aromatic carbocycles. The lowest BCUT2D eigenvalue weighted by Gasteiger charge is -2.08. The Bertz CT molecular complexity index is 651. The van der Waals surface area contributed by atoms with E-state index in [0.29, 0.717) is 31.1 Å². The van der Waals surface area contributed by atoms with Gasteiger partial charge in [0.15, 0.2) is 5.82 Å². The molecule has 2 aromatic rings. The van der Waals surface area contributed by atoms with E-state index in [0.717, 1.165) is 12.1 Å². The van der Waals surface area contributed by atoms with Crippen molar-refractivity contribution in [3.05, 3.63) is 59.8 Å². The Balaban J connectivity index is 1.45. The van der Waals surface area contributed by atoms with E-state index in [-0.39, 0.29) is 11.9 Å². The van der Waals surface area contributed by atoms with Gasteiger partial charge in [0.25, 0.3) is 0 Å². The van der Waals surface area contributed by atoms with E-state index in [2.05, 4.69) is 20.8 Å². The van der Waals surface area contributed by atoms with Crippen molar-refractivity contribution in [2.75, 3.05) is 13.1 Å². The maximum Gasteiger partial charge on any atom is 0.241 e. The molecule has 6 nitrogen and oxygen atoms in total. The average Bonchev–Trinajstić information content (AvgIpc) is 3.20. The van der Waals surface area contributed by atoms with Crippen molar-refractivity contribution in [2.24, 2.45) is 0 Å². The van der Waals surface area contributed by atoms with Gasteiger partial charge in [-0.25, -0.2) is 0 Å². The number of hydrogen-bond acceptors (Lipinski definition) is 5. The van der Waals surface area contributed by atoms with Crippen molar-refractivity contribution >= 4 is 5.91 Å². The fraction of sp³-hybridized carbons (Fsp3) is 0.312. The van der Waals surface area contributed by atoms with Crippen LogP contribution in [0, 0.1) is 0 Å². The van der Waals surface area contributed by atoms with E-state index < -0.39 is 0 Å². The molecule has 1 atom stereocenters. The smallest absolute Gasteiger partial charge is 0.241 e. The molecule has 22 heavy (non-hydrogen) atoms. The molecule has 0 spiro atoms. The summed E-state index contributed by atoms with van der Waals surface area (Å²) in [5, 5.41) is 9.88. The number of nitrogens with one attached hydrogen (secondary N) is 2. The summed E-state index contributed by atoms with van der Waals surface area (Å²) in [7, 11) is 0. The second-order valence-corrected chi connectivity index (χ2v) is 5.12. The molecule has 0 bridgehead atoms. The third kappa shape index (κ3) is 3.79. The first kappa shape index (κ1) is 14.5. The predicted octanol–water partition coefficient (Wildman–Crippen LogP) is 0.847. The first-order valence-corrected chi connectivity index (χ1v) is 7.34. The lowest BCUT2D eigenvalue weighted by Crippen LogP contribution is -2.41. The van der Waals surface area contributed by atoms with Gasteiger partial charge in [-0.3, -0.25) is 10.1 Å². The van der Waals surface area contributed by atoms with Gasteiger partial charge in [-0.15, -0.1) is 0 Å². The lowest BCUT2D eigenvalue weighted by atomic mass is 10.1. The molecule has 0 saturated heterocycles. The standard InChI is InChI=1S/C16H18N4O2/c21-16(13-7-4-9-17-13)18-10-8-15-19-14(20-22-15)11-12-5-2-1-3-6-12/h1-7,13,17H,8-11H2,(H,18,21)/t13-/m1/s1. The van der Waals surface area contributed by atoms with Crippen LogP contribution < -0.4 is 10.6 Å². The van der Waals surface area contributed by atoms with Crippen LogP contribution in [0.5, 0.6) is 0 Å². The highest BCUT2D eigenvalue weighted by molar-refractivity contribution is 5.84. The first-order chi connectivity index (χ1) is 10.8. The summed E-state index contributed by atoms with van der Waals surface area (Å²) in [5.41, 5.74) is 1.14. The largest absolute Gasteiger partial charge is 0.354 e. The van der Waals surface area contributed by atoms with Crippen molar-refractivity contribution in [3.63, 3.8) is 0 Å². The van der Waals surface area contributed by atoms with E-state index in [1.54, 1.807) is 0 Å². The zero-order chi connectivity index (χ0) is 15.2. The highest BCUT2D eigenvalue weighted by atomic mass is 16.5. The van der Waals surface area contributed by atoms with Crippen LogP contribution in [-0.4, -0.2) is 35.2 Å². The number of amides is 1. The summed E-state index contributed by atoms with van der Waals surface area (Å²) in [6, 6.07) is 9.77. The Labute approximate surface area is 128 Å². The molecule has 2 N–H and O–H groups in total. The van der Waals surface area contributed by atoms with Gasteiger partial charge in [-0.05, 0) is 5.56 Å². The molecular formula is C16H18N4O2. The van der Waals surface area contributed by atoms with E-state index >= 15 is 0 Å². The second kappa shape index (κ2) is 7.00. The summed E-state index contributed by atoms with van der Waals surface area (Å²) in [6.07, 6.45) is 4.98. The maximum atomic E-state index is 11.8. The molecule has 1 aromatic heterocycles. The molecule has 3 rings (SSSR count). The molecule has 0 aliphatic carbocycles. The van der Waals surface area contributed by atoms with Gasteiger partial charge in [-0.2, -0.15) is 4.98 Å².